The minimum atomic E-state index is -0.413. The van der Waals surface area contributed by atoms with Gasteiger partial charge in [-0.3, -0.25) is 10.1 Å². The van der Waals surface area contributed by atoms with Crippen LogP contribution in [-0.4, -0.2) is 16.0 Å². The largest absolute Gasteiger partial charge is 0.457 e. The predicted octanol–water partition coefficient (Wildman–Crippen LogP) is 8.19. The van der Waals surface area contributed by atoms with Crippen molar-refractivity contribution in [3.63, 3.8) is 0 Å². The second-order valence-electron chi connectivity index (χ2n) is 7.81. The number of aromatic nitrogens is 1. The van der Waals surface area contributed by atoms with Gasteiger partial charge in [-0.2, -0.15) is 0 Å². The van der Waals surface area contributed by atoms with Crippen LogP contribution >= 0.6 is 58.0 Å². The van der Waals surface area contributed by atoms with Gasteiger partial charge in [0.05, 0.1) is 5.02 Å². The van der Waals surface area contributed by atoms with Gasteiger partial charge in [0, 0.05) is 31.5 Å². The molecule has 37 heavy (non-hydrogen) atoms. The van der Waals surface area contributed by atoms with Crippen molar-refractivity contribution in [3.8, 4) is 22.8 Å². The molecule has 5 rings (SSSR count). The van der Waals surface area contributed by atoms with Gasteiger partial charge >= 0.3 is 0 Å². The fourth-order valence-corrected chi connectivity index (χ4v) is 4.76. The maximum absolute atomic E-state index is 12.4. The van der Waals surface area contributed by atoms with Crippen LogP contribution < -0.4 is 10.6 Å². The van der Waals surface area contributed by atoms with E-state index in [4.69, 9.17) is 44.3 Å². The Morgan fingerprint density at radius 2 is 1.86 bits per heavy atom. The first-order valence-electron chi connectivity index (χ1n) is 10.9. The van der Waals surface area contributed by atoms with E-state index in [2.05, 4.69) is 38.2 Å². The van der Waals surface area contributed by atoms with E-state index in [1.54, 1.807) is 54.6 Å². The number of carbonyl (C=O) groups excluding carboxylic acids is 1. The SMILES string of the molecule is O=C(/C=C/c1ccc(-c2ccc(Cl)cc2Cl)o1)NC(=S)Nc1ccc2oc(-c3cccc(I)c3)nc2c1. The molecule has 0 aliphatic carbocycles. The van der Waals surface area contributed by atoms with Crippen molar-refractivity contribution in [3.05, 3.63) is 98.2 Å². The number of nitrogens with zero attached hydrogens (tertiary/aromatic N) is 1. The molecule has 0 saturated carbocycles. The van der Waals surface area contributed by atoms with Crippen LogP contribution in [0.25, 0.3) is 40.0 Å². The molecule has 1 amide bonds. The van der Waals surface area contributed by atoms with E-state index >= 15 is 0 Å². The summed E-state index contributed by atoms with van der Waals surface area (Å²) in [5, 5.41) is 6.75. The van der Waals surface area contributed by atoms with E-state index in [0.29, 0.717) is 49.8 Å². The topological polar surface area (TPSA) is 80.3 Å². The number of amides is 1. The fourth-order valence-electron chi connectivity index (χ4n) is 3.50. The first-order chi connectivity index (χ1) is 17.8. The Hall–Kier alpha value is -3.18. The maximum Gasteiger partial charge on any atom is 0.250 e. The number of hydrogen-bond donors (Lipinski definition) is 2. The average molecular weight is 660 g/mol. The summed E-state index contributed by atoms with van der Waals surface area (Å²) in [5.74, 6) is 1.16. The molecule has 0 radical (unpaired) electrons. The monoisotopic (exact) mass is 659 g/mol. The minimum Gasteiger partial charge on any atom is -0.457 e. The lowest BCUT2D eigenvalue weighted by molar-refractivity contribution is -0.115. The molecule has 0 saturated heterocycles. The van der Waals surface area contributed by atoms with Crippen LogP contribution in [0.15, 0.2) is 87.7 Å². The molecule has 10 heteroatoms. The van der Waals surface area contributed by atoms with Crippen molar-refractivity contribution in [1.82, 2.24) is 10.3 Å². The van der Waals surface area contributed by atoms with Crippen molar-refractivity contribution in [2.24, 2.45) is 0 Å². The van der Waals surface area contributed by atoms with E-state index in [1.165, 1.54) is 6.08 Å². The zero-order valence-corrected chi connectivity index (χ0v) is 23.3. The number of hydrogen-bond acceptors (Lipinski definition) is 5. The lowest BCUT2D eigenvalue weighted by atomic mass is 10.2. The Morgan fingerprint density at radius 3 is 2.68 bits per heavy atom. The highest BCUT2D eigenvalue weighted by Gasteiger charge is 2.11. The second kappa shape index (κ2) is 11.1. The third-order valence-corrected chi connectivity index (χ3v) is 6.60. The summed E-state index contributed by atoms with van der Waals surface area (Å²) in [6.45, 7) is 0. The fraction of sp³-hybridized carbons (Fsp3) is 0. The first kappa shape index (κ1) is 25.5. The number of fused-ring (bicyclic) bond motifs is 1. The van der Waals surface area contributed by atoms with Crippen molar-refractivity contribution in [2.45, 2.75) is 0 Å². The highest BCUT2D eigenvalue weighted by molar-refractivity contribution is 14.1. The summed E-state index contributed by atoms with van der Waals surface area (Å²) < 4.78 is 12.7. The Kier molecular flexibility index (Phi) is 7.61. The van der Waals surface area contributed by atoms with E-state index in [-0.39, 0.29) is 5.11 Å². The number of benzene rings is 3. The van der Waals surface area contributed by atoms with Gasteiger partial charge in [0.25, 0.3) is 0 Å². The smallest absolute Gasteiger partial charge is 0.250 e. The molecule has 0 aliphatic rings. The first-order valence-corrected chi connectivity index (χ1v) is 13.1. The van der Waals surface area contributed by atoms with Gasteiger partial charge < -0.3 is 14.2 Å². The molecule has 0 spiro atoms. The maximum atomic E-state index is 12.4. The molecule has 0 atom stereocenters. The number of halogens is 3. The lowest BCUT2D eigenvalue weighted by Gasteiger charge is -2.07. The predicted molar refractivity (Wildman–Crippen MR) is 160 cm³/mol. The molecule has 0 bridgehead atoms. The van der Waals surface area contributed by atoms with Crippen LogP contribution in [0.2, 0.25) is 10.0 Å². The normalized spacial score (nSPS) is 11.2. The van der Waals surface area contributed by atoms with Crippen molar-refractivity contribution in [2.75, 3.05) is 5.32 Å². The van der Waals surface area contributed by atoms with Gasteiger partial charge in [0.15, 0.2) is 10.7 Å². The summed E-state index contributed by atoms with van der Waals surface area (Å²) in [7, 11) is 0. The molecule has 3 aromatic carbocycles. The number of furan rings is 1. The van der Waals surface area contributed by atoms with E-state index in [9.17, 15) is 4.79 Å². The number of oxazole rings is 1. The number of thiocarbonyl (C=S) groups is 1. The Balaban J connectivity index is 1.21. The zero-order chi connectivity index (χ0) is 25.9. The minimum absolute atomic E-state index is 0.142. The quantitative estimate of drug-likeness (QED) is 0.113. The number of carbonyl (C=O) groups is 1. The third kappa shape index (κ3) is 6.22. The van der Waals surface area contributed by atoms with Crippen LogP contribution in [0.5, 0.6) is 0 Å². The summed E-state index contributed by atoms with van der Waals surface area (Å²) >= 11 is 19.7. The molecule has 0 unspecified atom stereocenters. The number of rotatable bonds is 5. The van der Waals surface area contributed by atoms with Crippen LogP contribution in [0, 0.1) is 3.57 Å². The molecule has 184 valence electrons. The summed E-state index contributed by atoms with van der Waals surface area (Å²) in [4.78, 5) is 16.9. The molecule has 2 N–H and O–H groups in total. The van der Waals surface area contributed by atoms with Crippen molar-refractivity contribution in [1.29, 1.82) is 0 Å². The third-order valence-electron chi connectivity index (χ3n) is 5.18. The highest BCUT2D eigenvalue weighted by Crippen LogP contribution is 2.32. The highest BCUT2D eigenvalue weighted by atomic mass is 127. The Morgan fingerprint density at radius 1 is 1.00 bits per heavy atom. The molecule has 5 aromatic rings. The lowest BCUT2D eigenvalue weighted by Crippen LogP contribution is -2.32. The Labute approximate surface area is 240 Å². The molecule has 0 fully saturated rings. The number of anilines is 1. The van der Waals surface area contributed by atoms with Crippen molar-refractivity contribution >= 4 is 91.9 Å². The van der Waals surface area contributed by atoms with Gasteiger partial charge in [0.1, 0.15) is 17.0 Å². The second-order valence-corrected chi connectivity index (χ2v) is 10.3. The van der Waals surface area contributed by atoms with Gasteiger partial charge in [-0.15, -0.1) is 0 Å². The summed E-state index contributed by atoms with van der Waals surface area (Å²) in [6.07, 6.45) is 2.87. The van der Waals surface area contributed by atoms with Crippen LogP contribution in [0.4, 0.5) is 5.69 Å². The van der Waals surface area contributed by atoms with Gasteiger partial charge in [0.2, 0.25) is 11.8 Å². The van der Waals surface area contributed by atoms with E-state index < -0.39 is 5.91 Å². The molecule has 2 aromatic heterocycles. The van der Waals surface area contributed by atoms with Crippen LogP contribution in [0.3, 0.4) is 0 Å². The van der Waals surface area contributed by atoms with E-state index in [1.807, 2.05) is 24.3 Å². The van der Waals surface area contributed by atoms with E-state index in [0.717, 1.165) is 9.13 Å². The molecule has 0 aliphatic heterocycles. The van der Waals surface area contributed by atoms with Gasteiger partial charge in [-0.25, -0.2) is 4.98 Å². The standard InChI is InChI=1S/C27H16Cl2IN3O3S/c28-16-4-8-20(21(29)13-16)23-10-6-19(35-23)7-11-25(34)33-27(37)31-18-5-9-24-22(14-18)32-26(36-24)15-2-1-3-17(30)12-15/h1-14H,(H2,31,33,34,37)/b11-7+. The van der Waals surface area contributed by atoms with Crippen molar-refractivity contribution < 1.29 is 13.6 Å². The molecule has 6 nitrogen and oxygen atoms in total. The Bertz CT molecular complexity index is 1680. The summed E-state index contributed by atoms with van der Waals surface area (Å²) in [6, 6.07) is 21.9. The summed E-state index contributed by atoms with van der Waals surface area (Å²) in [5.41, 5.74) is 3.58. The molecular weight excluding hydrogens is 644 g/mol. The molecular formula is C27H16Cl2IN3O3S. The van der Waals surface area contributed by atoms with Crippen LogP contribution in [-0.2, 0) is 4.79 Å². The molecule has 2 heterocycles. The van der Waals surface area contributed by atoms with Crippen LogP contribution in [0.1, 0.15) is 5.76 Å². The average Bonchev–Trinajstić information content (AvgIpc) is 3.49. The zero-order valence-electron chi connectivity index (χ0n) is 18.8. The van der Waals surface area contributed by atoms with Gasteiger partial charge in [-0.1, -0.05) is 29.3 Å². The number of nitrogens with one attached hydrogen (secondary N) is 2. The van der Waals surface area contributed by atoms with Gasteiger partial charge in [-0.05, 0) is 108 Å².